The van der Waals surface area contributed by atoms with E-state index in [1.807, 2.05) is 6.26 Å². The van der Waals surface area contributed by atoms with Crippen LogP contribution in [-0.2, 0) is 0 Å². The number of nitrogens with zero attached hydrogens (tertiary/aromatic N) is 2. The Balaban J connectivity index is 1.88. The average molecular weight is 326 g/mol. The lowest BCUT2D eigenvalue weighted by atomic mass is 10.2. The van der Waals surface area contributed by atoms with Gasteiger partial charge in [0.05, 0.1) is 15.5 Å². The molecule has 0 spiro atoms. The van der Waals surface area contributed by atoms with E-state index in [4.69, 9.17) is 5.73 Å². The molecule has 1 aromatic rings. The van der Waals surface area contributed by atoms with Crippen LogP contribution in [0.1, 0.15) is 28.9 Å². The molecule has 4 nitrogen and oxygen atoms in total. The molecule has 0 aromatic carbocycles. The molecule has 2 fully saturated rings. The minimum absolute atomic E-state index is 0.238. The molecule has 0 amide bonds. The van der Waals surface area contributed by atoms with Gasteiger partial charge in [-0.25, -0.2) is 0 Å². The lowest BCUT2D eigenvalue weighted by Crippen LogP contribution is -2.31. The number of thioether (sulfide) groups is 1. The molecule has 2 heterocycles. The number of ketones is 1. The van der Waals surface area contributed by atoms with Crippen LogP contribution < -0.4 is 10.6 Å². The number of nitrogens with two attached hydrogens (primary N) is 1. The zero-order chi connectivity index (χ0) is 15.1. The first-order valence-corrected chi connectivity index (χ1v) is 9.49. The summed E-state index contributed by atoms with van der Waals surface area (Å²) in [5.74, 6) is 0.504. The van der Waals surface area contributed by atoms with Crippen molar-refractivity contribution < 1.29 is 4.79 Å². The van der Waals surface area contributed by atoms with Gasteiger partial charge in [-0.2, -0.15) is 0 Å². The number of anilines is 2. The minimum atomic E-state index is 0.238. The fraction of sp³-hybridized carbons (Fsp3) is 0.667. The molecule has 21 heavy (non-hydrogen) atoms. The number of rotatable bonds is 5. The van der Waals surface area contributed by atoms with E-state index in [2.05, 4.69) is 23.9 Å². The van der Waals surface area contributed by atoms with Crippen LogP contribution in [0, 0.1) is 5.92 Å². The van der Waals surface area contributed by atoms with E-state index >= 15 is 0 Å². The van der Waals surface area contributed by atoms with Crippen LogP contribution in [0.4, 0.5) is 10.7 Å². The Bertz CT molecular complexity index is 551. The summed E-state index contributed by atoms with van der Waals surface area (Å²) in [6, 6.07) is 0.589. The summed E-state index contributed by atoms with van der Waals surface area (Å²) in [6.45, 7) is 2.07. The van der Waals surface area contributed by atoms with E-state index < -0.39 is 0 Å². The predicted molar refractivity (Wildman–Crippen MR) is 91.9 cm³/mol. The Morgan fingerprint density at radius 3 is 2.62 bits per heavy atom. The number of carbonyl (C=O) groups is 1. The first-order valence-electron chi connectivity index (χ1n) is 7.44. The van der Waals surface area contributed by atoms with Crippen LogP contribution in [-0.4, -0.2) is 50.2 Å². The molecule has 1 atom stereocenters. The van der Waals surface area contributed by atoms with Crippen molar-refractivity contribution in [2.24, 2.45) is 5.92 Å². The van der Waals surface area contributed by atoms with Crippen LogP contribution in [0.3, 0.4) is 0 Å². The molecule has 6 heteroatoms. The number of likely N-dealkylation sites (N-methyl/N-ethyl adjacent to an activating group) is 1. The molecular weight excluding hydrogens is 302 g/mol. The first-order chi connectivity index (χ1) is 10.0. The lowest BCUT2D eigenvalue weighted by Gasteiger charge is -2.21. The highest BCUT2D eigenvalue weighted by atomic mass is 32.2. The third-order valence-electron chi connectivity index (χ3n) is 4.44. The van der Waals surface area contributed by atoms with Gasteiger partial charge in [0.2, 0.25) is 0 Å². The summed E-state index contributed by atoms with van der Waals surface area (Å²) in [5, 5.41) is 1.20. The molecule has 1 saturated heterocycles. The molecule has 1 aliphatic carbocycles. The third kappa shape index (κ3) is 2.81. The molecule has 0 bridgehead atoms. The molecule has 3 rings (SSSR count). The fourth-order valence-corrected chi connectivity index (χ4v) is 5.12. The van der Waals surface area contributed by atoms with Crippen molar-refractivity contribution in [2.75, 3.05) is 44.1 Å². The van der Waals surface area contributed by atoms with E-state index in [0.29, 0.717) is 11.7 Å². The normalized spacial score (nSPS) is 22.3. The van der Waals surface area contributed by atoms with Gasteiger partial charge in [-0.1, -0.05) is 0 Å². The first kappa shape index (κ1) is 15.2. The summed E-state index contributed by atoms with van der Waals surface area (Å²) in [4.78, 5) is 19.0. The van der Waals surface area contributed by atoms with Crippen molar-refractivity contribution >= 4 is 39.6 Å². The number of carbonyl (C=O) groups excluding carboxylic acids is 1. The molecule has 1 saturated carbocycles. The maximum Gasteiger partial charge on any atom is 0.178 e. The van der Waals surface area contributed by atoms with Gasteiger partial charge in [0.1, 0.15) is 5.00 Å². The number of hydrogen-bond donors (Lipinski definition) is 1. The van der Waals surface area contributed by atoms with Crippen LogP contribution in [0.15, 0.2) is 4.90 Å². The topological polar surface area (TPSA) is 49.6 Å². The Morgan fingerprint density at radius 1 is 1.38 bits per heavy atom. The summed E-state index contributed by atoms with van der Waals surface area (Å²) in [7, 11) is 4.27. The van der Waals surface area contributed by atoms with Gasteiger partial charge in [0.25, 0.3) is 0 Å². The van der Waals surface area contributed by atoms with E-state index in [9.17, 15) is 4.79 Å². The number of Topliss-reactive ketones (excluding diaryl/α,β-unsaturated/α-hetero) is 1. The highest BCUT2D eigenvalue weighted by Gasteiger charge is 2.35. The Morgan fingerprint density at radius 2 is 2.10 bits per heavy atom. The number of nitrogen functional groups attached to an aromatic ring is 1. The Kier molecular flexibility index (Phi) is 4.21. The van der Waals surface area contributed by atoms with E-state index in [1.54, 1.807) is 23.1 Å². The van der Waals surface area contributed by atoms with Gasteiger partial charge in [0.15, 0.2) is 5.78 Å². The molecule has 2 aliphatic rings. The summed E-state index contributed by atoms with van der Waals surface area (Å²) >= 11 is 3.28. The van der Waals surface area contributed by atoms with Gasteiger partial charge in [-0.3, -0.25) is 4.79 Å². The molecule has 0 radical (unpaired) electrons. The number of hydrogen-bond acceptors (Lipinski definition) is 6. The lowest BCUT2D eigenvalue weighted by molar-refractivity contribution is 0.0972. The predicted octanol–water partition coefficient (Wildman–Crippen LogP) is 2.79. The van der Waals surface area contributed by atoms with Gasteiger partial charge in [-0.15, -0.1) is 23.1 Å². The molecule has 2 N–H and O–H groups in total. The molecule has 1 aromatic heterocycles. The van der Waals surface area contributed by atoms with E-state index in [0.717, 1.165) is 35.7 Å². The minimum Gasteiger partial charge on any atom is -0.396 e. The fourth-order valence-electron chi connectivity index (χ4n) is 2.88. The zero-order valence-corrected chi connectivity index (χ0v) is 14.5. The zero-order valence-electron chi connectivity index (χ0n) is 12.9. The van der Waals surface area contributed by atoms with Crippen LogP contribution in [0.2, 0.25) is 0 Å². The summed E-state index contributed by atoms with van der Waals surface area (Å²) < 4.78 is 0. The third-order valence-corrected chi connectivity index (χ3v) is 6.67. The van der Waals surface area contributed by atoms with E-state index in [1.165, 1.54) is 11.4 Å². The largest absolute Gasteiger partial charge is 0.396 e. The van der Waals surface area contributed by atoms with Crippen molar-refractivity contribution in [3.8, 4) is 0 Å². The maximum absolute atomic E-state index is 12.4. The van der Waals surface area contributed by atoms with Gasteiger partial charge >= 0.3 is 0 Å². The second kappa shape index (κ2) is 5.82. The van der Waals surface area contributed by atoms with Crippen molar-refractivity contribution in [1.29, 1.82) is 0 Å². The molecule has 1 aliphatic heterocycles. The second-order valence-corrected chi connectivity index (χ2v) is 7.99. The number of thiophene rings is 1. The molecular formula is C15H23N3OS2. The Hall–Kier alpha value is -0.720. The van der Waals surface area contributed by atoms with Crippen molar-refractivity contribution in [1.82, 2.24) is 4.90 Å². The standard InChI is InChI=1S/C15H23N3OS2/c1-17(2)10-6-7-18(8-10)15-14(20-3)11(16)13(21-15)12(19)9-4-5-9/h9-10H,4-8,16H2,1-3H3. The van der Waals surface area contributed by atoms with Crippen molar-refractivity contribution in [3.05, 3.63) is 4.88 Å². The smallest absolute Gasteiger partial charge is 0.178 e. The van der Waals surface area contributed by atoms with Gasteiger partial charge in [-0.05, 0) is 39.6 Å². The highest BCUT2D eigenvalue weighted by molar-refractivity contribution is 7.99. The van der Waals surface area contributed by atoms with Gasteiger partial charge < -0.3 is 15.5 Å². The summed E-state index contributed by atoms with van der Waals surface area (Å²) in [6.07, 6.45) is 5.29. The van der Waals surface area contributed by atoms with Crippen LogP contribution in [0.25, 0.3) is 0 Å². The average Bonchev–Trinajstić information content (AvgIpc) is 3.08. The van der Waals surface area contributed by atoms with Crippen LogP contribution >= 0.6 is 23.1 Å². The highest BCUT2D eigenvalue weighted by Crippen LogP contribution is 2.47. The van der Waals surface area contributed by atoms with Crippen molar-refractivity contribution in [3.63, 3.8) is 0 Å². The van der Waals surface area contributed by atoms with Gasteiger partial charge in [0, 0.05) is 25.0 Å². The molecule has 116 valence electrons. The quantitative estimate of drug-likeness (QED) is 0.666. The maximum atomic E-state index is 12.4. The van der Waals surface area contributed by atoms with Crippen LogP contribution in [0.5, 0.6) is 0 Å². The second-order valence-electron chi connectivity index (χ2n) is 6.17. The van der Waals surface area contributed by atoms with E-state index in [-0.39, 0.29) is 11.7 Å². The molecule has 1 unspecified atom stereocenters. The SMILES string of the molecule is CSc1c(N2CCC(N(C)C)C2)sc(C(=O)C2CC2)c1N. The summed E-state index contributed by atoms with van der Waals surface area (Å²) in [5.41, 5.74) is 6.99. The van der Waals surface area contributed by atoms with Crippen molar-refractivity contribution in [2.45, 2.75) is 30.2 Å². The monoisotopic (exact) mass is 325 g/mol. The Labute approximate surface area is 134 Å².